The summed E-state index contributed by atoms with van der Waals surface area (Å²) in [5, 5.41) is 2.89. The minimum absolute atomic E-state index is 0.00255. The summed E-state index contributed by atoms with van der Waals surface area (Å²) in [6.07, 6.45) is 0.506. The largest absolute Gasteiger partial charge is 0.325 e. The quantitative estimate of drug-likeness (QED) is 0.832. The first kappa shape index (κ1) is 13.7. The molecule has 0 aromatic heterocycles. The van der Waals surface area contributed by atoms with E-state index in [1.165, 1.54) is 0 Å². The lowest BCUT2D eigenvalue weighted by Crippen LogP contribution is -2.19. The molecule has 0 aliphatic heterocycles. The van der Waals surface area contributed by atoms with Crippen LogP contribution in [0.4, 0.5) is 5.69 Å². The second-order valence-electron chi connectivity index (χ2n) is 4.91. The van der Waals surface area contributed by atoms with Crippen molar-refractivity contribution in [3.8, 4) is 0 Å². The molecule has 0 saturated carbocycles. The van der Waals surface area contributed by atoms with Crippen LogP contribution in [0.1, 0.15) is 27.2 Å². The van der Waals surface area contributed by atoms with Gasteiger partial charge < -0.3 is 5.32 Å². The molecule has 0 saturated heterocycles. The monoisotopic (exact) mass is 347 g/mol. The van der Waals surface area contributed by atoms with E-state index in [0.29, 0.717) is 6.42 Å². The third-order valence-electron chi connectivity index (χ3n) is 1.89. The highest BCUT2D eigenvalue weighted by molar-refractivity contribution is 9.11. The first-order chi connectivity index (χ1) is 7.28. The molecule has 0 spiro atoms. The van der Waals surface area contributed by atoms with Crippen LogP contribution in [0.5, 0.6) is 0 Å². The Labute approximate surface area is 113 Å². The van der Waals surface area contributed by atoms with Crippen LogP contribution in [0.15, 0.2) is 27.1 Å². The van der Waals surface area contributed by atoms with Crippen molar-refractivity contribution >= 4 is 43.5 Å². The topological polar surface area (TPSA) is 29.1 Å². The van der Waals surface area contributed by atoms with Crippen molar-refractivity contribution in [1.82, 2.24) is 0 Å². The zero-order valence-corrected chi connectivity index (χ0v) is 12.8. The Bertz CT molecular complexity index is 396. The minimum atomic E-state index is 0.00255. The van der Waals surface area contributed by atoms with Gasteiger partial charge in [-0.15, -0.1) is 0 Å². The SMILES string of the molecule is CC(C)(C)CC(=O)Nc1cc(Br)ccc1Br. The Kier molecular flexibility index (Phi) is 4.56. The van der Waals surface area contributed by atoms with Crippen molar-refractivity contribution in [3.63, 3.8) is 0 Å². The number of halogens is 2. The van der Waals surface area contributed by atoms with E-state index >= 15 is 0 Å². The van der Waals surface area contributed by atoms with Gasteiger partial charge in [-0.2, -0.15) is 0 Å². The van der Waals surface area contributed by atoms with E-state index in [1.807, 2.05) is 39.0 Å². The molecule has 0 aliphatic carbocycles. The van der Waals surface area contributed by atoms with Crippen molar-refractivity contribution in [1.29, 1.82) is 0 Å². The van der Waals surface area contributed by atoms with Crippen molar-refractivity contribution in [2.45, 2.75) is 27.2 Å². The molecule has 0 radical (unpaired) electrons. The molecule has 4 heteroatoms. The summed E-state index contributed by atoms with van der Waals surface area (Å²) >= 11 is 6.78. The first-order valence-corrected chi connectivity index (χ1v) is 6.61. The van der Waals surface area contributed by atoms with Gasteiger partial charge >= 0.3 is 0 Å². The van der Waals surface area contributed by atoms with Gasteiger partial charge in [0, 0.05) is 15.4 Å². The fraction of sp³-hybridized carbons (Fsp3) is 0.417. The molecule has 1 amide bonds. The fourth-order valence-electron chi connectivity index (χ4n) is 1.27. The average molecular weight is 349 g/mol. The molecule has 0 fully saturated rings. The Morgan fingerprint density at radius 2 is 1.94 bits per heavy atom. The minimum Gasteiger partial charge on any atom is -0.325 e. The number of amides is 1. The molecule has 1 rings (SSSR count). The van der Waals surface area contributed by atoms with Crippen molar-refractivity contribution in [3.05, 3.63) is 27.1 Å². The summed E-state index contributed by atoms with van der Waals surface area (Å²) < 4.78 is 1.83. The highest BCUT2D eigenvalue weighted by Crippen LogP contribution is 2.27. The van der Waals surface area contributed by atoms with Crippen LogP contribution in [-0.2, 0) is 4.79 Å². The van der Waals surface area contributed by atoms with E-state index in [-0.39, 0.29) is 11.3 Å². The highest BCUT2D eigenvalue weighted by Gasteiger charge is 2.16. The number of carbonyl (C=O) groups is 1. The van der Waals surface area contributed by atoms with Gasteiger partial charge in [-0.1, -0.05) is 36.7 Å². The van der Waals surface area contributed by atoms with Gasteiger partial charge in [0.1, 0.15) is 0 Å². The molecule has 1 aromatic rings. The van der Waals surface area contributed by atoms with Gasteiger partial charge in [0.25, 0.3) is 0 Å². The number of benzene rings is 1. The second-order valence-corrected chi connectivity index (χ2v) is 6.68. The predicted molar refractivity (Wildman–Crippen MR) is 74.5 cm³/mol. The lowest BCUT2D eigenvalue weighted by atomic mass is 9.92. The maximum atomic E-state index is 11.7. The van der Waals surface area contributed by atoms with E-state index in [4.69, 9.17) is 0 Å². The summed E-state index contributed by atoms with van der Waals surface area (Å²) in [4.78, 5) is 11.7. The zero-order valence-electron chi connectivity index (χ0n) is 9.60. The summed E-state index contributed by atoms with van der Waals surface area (Å²) in [6, 6.07) is 5.70. The maximum absolute atomic E-state index is 11.7. The molecule has 0 heterocycles. The van der Waals surface area contributed by atoms with Crippen LogP contribution in [0.2, 0.25) is 0 Å². The number of anilines is 1. The molecule has 1 aromatic carbocycles. The number of nitrogens with one attached hydrogen (secondary N) is 1. The lowest BCUT2D eigenvalue weighted by Gasteiger charge is -2.17. The van der Waals surface area contributed by atoms with Gasteiger partial charge in [-0.25, -0.2) is 0 Å². The van der Waals surface area contributed by atoms with Crippen LogP contribution in [0, 0.1) is 5.41 Å². The van der Waals surface area contributed by atoms with E-state index < -0.39 is 0 Å². The van der Waals surface area contributed by atoms with Crippen LogP contribution >= 0.6 is 31.9 Å². The summed E-state index contributed by atoms with van der Waals surface area (Å²) in [7, 11) is 0. The van der Waals surface area contributed by atoms with Crippen molar-refractivity contribution in [2.24, 2.45) is 5.41 Å². The van der Waals surface area contributed by atoms with Crippen LogP contribution in [0.25, 0.3) is 0 Å². The maximum Gasteiger partial charge on any atom is 0.224 e. The molecule has 0 bridgehead atoms. The zero-order chi connectivity index (χ0) is 12.3. The second kappa shape index (κ2) is 5.32. The summed E-state index contributed by atoms with van der Waals surface area (Å²) in [5.41, 5.74) is 0.798. The number of rotatable bonds is 2. The van der Waals surface area contributed by atoms with E-state index in [1.54, 1.807) is 0 Å². The number of hydrogen-bond donors (Lipinski definition) is 1. The molecule has 16 heavy (non-hydrogen) atoms. The smallest absolute Gasteiger partial charge is 0.224 e. The molecular formula is C12H15Br2NO. The van der Waals surface area contributed by atoms with Gasteiger partial charge in [0.2, 0.25) is 5.91 Å². The van der Waals surface area contributed by atoms with Gasteiger partial charge in [-0.3, -0.25) is 4.79 Å². The van der Waals surface area contributed by atoms with E-state index in [2.05, 4.69) is 37.2 Å². The van der Waals surface area contributed by atoms with Crippen LogP contribution in [0.3, 0.4) is 0 Å². The normalized spacial score (nSPS) is 11.3. The fourth-order valence-corrected chi connectivity index (χ4v) is 1.98. The van der Waals surface area contributed by atoms with Crippen molar-refractivity contribution in [2.75, 3.05) is 5.32 Å². The Morgan fingerprint density at radius 1 is 1.31 bits per heavy atom. The highest BCUT2D eigenvalue weighted by atomic mass is 79.9. The molecular weight excluding hydrogens is 334 g/mol. The molecule has 2 nitrogen and oxygen atoms in total. The van der Waals surface area contributed by atoms with Crippen LogP contribution in [-0.4, -0.2) is 5.91 Å². The standard InChI is InChI=1S/C12H15Br2NO/c1-12(2,3)7-11(16)15-10-6-8(13)4-5-9(10)14/h4-6H,7H2,1-3H3,(H,15,16). The molecule has 1 N–H and O–H groups in total. The van der Waals surface area contributed by atoms with Gasteiger partial charge in [0.15, 0.2) is 0 Å². The van der Waals surface area contributed by atoms with Gasteiger partial charge in [-0.05, 0) is 39.5 Å². The molecule has 0 unspecified atom stereocenters. The summed E-state index contributed by atoms with van der Waals surface area (Å²) in [6.45, 7) is 6.13. The van der Waals surface area contributed by atoms with Crippen LogP contribution < -0.4 is 5.32 Å². The third kappa shape index (κ3) is 4.66. The Hall–Kier alpha value is -0.350. The average Bonchev–Trinajstić information content (AvgIpc) is 2.08. The third-order valence-corrected chi connectivity index (χ3v) is 3.08. The Morgan fingerprint density at radius 3 is 2.50 bits per heavy atom. The summed E-state index contributed by atoms with van der Waals surface area (Å²) in [5.74, 6) is 0.0336. The van der Waals surface area contributed by atoms with Gasteiger partial charge in [0.05, 0.1) is 5.69 Å². The molecule has 0 atom stereocenters. The first-order valence-electron chi connectivity index (χ1n) is 5.03. The lowest BCUT2D eigenvalue weighted by molar-refractivity contribution is -0.117. The van der Waals surface area contributed by atoms with Crippen molar-refractivity contribution < 1.29 is 4.79 Å². The molecule has 0 aliphatic rings. The Balaban J connectivity index is 2.73. The number of hydrogen-bond acceptors (Lipinski definition) is 1. The number of carbonyl (C=O) groups excluding carboxylic acids is 1. The predicted octanol–water partition coefficient (Wildman–Crippen LogP) is 4.59. The molecule has 88 valence electrons. The van der Waals surface area contributed by atoms with E-state index in [9.17, 15) is 4.79 Å². The van der Waals surface area contributed by atoms with E-state index in [0.717, 1.165) is 14.6 Å².